The summed E-state index contributed by atoms with van der Waals surface area (Å²) in [5.41, 5.74) is 0.335. The third-order valence-corrected chi connectivity index (χ3v) is 7.21. The van der Waals surface area contributed by atoms with Crippen LogP contribution in [0.4, 0.5) is 5.69 Å². The smallest absolute Gasteiger partial charge is 0.359 e. The van der Waals surface area contributed by atoms with E-state index < -0.39 is 34.1 Å². The van der Waals surface area contributed by atoms with E-state index in [1.165, 1.54) is 16.4 Å². The van der Waals surface area contributed by atoms with Gasteiger partial charge in [0.25, 0.3) is 11.5 Å². The number of benzene rings is 2. The van der Waals surface area contributed by atoms with Crippen LogP contribution in [0.3, 0.4) is 0 Å². The van der Waals surface area contributed by atoms with E-state index in [1.807, 2.05) is 0 Å². The van der Waals surface area contributed by atoms with Gasteiger partial charge in [0.15, 0.2) is 12.3 Å². The molecular formula is C22H22N4O7S. The zero-order valence-corrected chi connectivity index (χ0v) is 19.1. The summed E-state index contributed by atoms with van der Waals surface area (Å²) in [5.74, 6) is -1.55. The number of carbonyl (C=O) groups is 2. The fraction of sp³-hybridized carbons (Fsp3) is 0.273. The molecule has 0 atom stereocenters. The van der Waals surface area contributed by atoms with Crippen molar-refractivity contribution >= 4 is 38.4 Å². The van der Waals surface area contributed by atoms with Crippen LogP contribution < -0.4 is 10.9 Å². The lowest BCUT2D eigenvalue weighted by Crippen LogP contribution is -2.40. The highest BCUT2D eigenvalue weighted by Gasteiger charge is 2.27. The van der Waals surface area contributed by atoms with E-state index in [-0.39, 0.29) is 34.8 Å². The van der Waals surface area contributed by atoms with Gasteiger partial charge in [-0.15, -0.1) is 0 Å². The Balaban J connectivity index is 1.45. The van der Waals surface area contributed by atoms with Crippen LogP contribution >= 0.6 is 0 Å². The molecule has 0 saturated carbocycles. The van der Waals surface area contributed by atoms with Gasteiger partial charge in [0.2, 0.25) is 10.0 Å². The zero-order chi connectivity index (χ0) is 24.3. The molecule has 11 nitrogen and oxygen atoms in total. The Hall–Kier alpha value is -3.61. The van der Waals surface area contributed by atoms with Crippen molar-refractivity contribution in [3.8, 4) is 0 Å². The van der Waals surface area contributed by atoms with E-state index >= 15 is 0 Å². The molecule has 1 aliphatic heterocycles. The summed E-state index contributed by atoms with van der Waals surface area (Å²) in [7, 11) is -3.74. The number of aromatic amines is 1. The molecule has 1 fully saturated rings. The molecule has 1 saturated heterocycles. The molecule has 1 aromatic heterocycles. The summed E-state index contributed by atoms with van der Waals surface area (Å²) in [5, 5.41) is 9.11. The van der Waals surface area contributed by atoms with Gasteiger partial charge in [0, 0.05) is 24.2 Å². The Labute approximate surface area is 194 Å². The summed E-state index contributed by atoms with van der Waals surface area (Å²) < 4.78 is 37.4. The second-order valence-corrected chi connectivity index (χ2v) is 9.50. The van der Waals surface area contributed by atoms with Gasteiger partial charge in [0.05, 0.1) is 23.5 Å². The quantitative estimate of drug-likeness (QED) is 0.491. The number of fused-ring (bicyclic) bond motifs is 1. The van der Waals surface area contributed by atoms with E-state index in [4.69, 9.17) is 9.47 Å². The third-order valence-electron chi connectivity index (χ3n) is 5.31. The van der Waals surface area contributed by atoms with Crippen molar-refractivity contribution in [3.05, 3.63) is 64.1 Å². The fourth-order valence-electron chi connectivity index (χ4n) is 3.49. The molecule has 1 amide bonds. The monoisotopic (exact) mass is 486 g/mol. The van der Waals surface area contributed by atoms with Crippen LogP contribution in [0.5, 0.6) is 0 Å². The number of anilines is 1. The molecule has 178 valence electrons. The first-order valence-corrected chi connectivity index (χ1v) is 11.8. The van der Waals surface area contributed by atoms with Crippen LogP contribution in [0.25, 0.3) is 10.8 Å². The molecule has 3 aromatic rings. The Bertz CT molecular complexity index is 1410. The van der Waals surface area contributed by atoms with Crippen LogP contribution in [0, 0.1) is 6.92 Å². The maximum atomic E-state index is 12.9. The molecule has 2 aromatic carbocycles. The van der Waals surface area contributed by atoms with Crippen LogP contribution in [-0.4, -0.2) is 67.7 Å². The van der Waals surface area contributed by atoms with Gasteiger partial charge >= 0.3 is 5.97 Å². The average Bonchev–Trinajstić information content (AvgIpc) is 2.85. The molecule has 0 spiro atoms. The molecule has 0 bridgehead atoms. The third kappa shape index (κ3) is 4.83. The first-order valence-electron chi connectivity index (χ1n) is 10.4. The standard InChI is InChI=1S/C22H22N4O7S/c1-14-6-7-15(34(30,31)26-8-10-32-11-9-26)12-18(14)23-19(27)13-33-22(29)20-16-4-2-3-5-17(16)21(28)25-24-20/h2-7,12H,8-11,13H2,1H3,(H,23,27)(H,25,28). The Morgan fingerprint density at radius 3 is 2.59 bits per heavy atom. The number of aromatic nitrogens is 2. The van der Waals surface area contributed by atoms with E-state index in [0.29, 0.717) is 24.2 Å². The molecule has 34 heavy (non-hydrogen) atoms. The van der Waals surface area contributed by atoms with Crippen LogP contribution in [-0.2, 0) is 24.3 Å². The van der Waals surface area contributed by atoms with Crippen molar-refractivity contribution in [3.63, 3.8) is 0 Å². The van der Waals surface area contributed by atoms with Gasteiger partial charge in [-0.2, -0.15) is 9.40 Å². The number of ether oxygens (including phenoxy) is 2. The highest BCUT2D eigenvalue weighted by atomic mass is 32.2. The lowest BCUT2D eigenvalue weighted by molar-refractivity contribution is -0.119. The molecule has 2 heterocycles. The summed E-state index contributed by atoms with van der Waals surface area (Å²) in [4.78, 5) is 36.8. The molecule has 0 radical (unpaired) electrons. The van der Waals surface area contributed by atoms with Gasteiger partial charge in [-0.25, -0.2) is 18.3 Å². The summed E-state index contributed by atoms with van der Waals surface area (Å²) in [6.45, 7) is 2.22. The van der Waals surface area contributed by atoms with E-state index in [2.05, 4.69) is 15.5 Å². The van der Waals surface area contributed by atoms with Gasteiger partial charge in [0.1, 0.15) is 0 Å². The number of rotatable bonds is 6. The van der Waals surface area contributed by atoms with Crippen LogP contribution in [0.2, 0.25) is 0 Å². The minimum Gasteiger partial charge on any atom is -0.451 e. The average molecular weight is 487 g/mol. The molecule has 1 aliphatic rings. The van der Waals surface area contributed by atoms with Crippen molar-refractivity contribution in [1.29, 1.82) is 0 Å². The van der Waals surface area contributed by atoms with Crippen molar-refractivity contribution in [2.45, 2.75) is 11.8 Å². The highest BCUT2D eigenvalue weighted by Crippen LogP contribution is 2.23. The number of aryl methyl sites for hydroxylation is 1. The molecule has 2 N–H and O–H groups in total. The van der Waals surface area contributed by atoms with Crippen molar-refractivity contribution < 1.29 is 27.5 Å². The van der Waals surface area contributed by atoms with E-state index in [9.17, 15) is 22.8 Å². The zero-order valence-electron chi connectivity index (χ0n) is 18.2. The predicted molar refractivity (Wildman–Crippen MR) is 122 cm³/mol. The van der Waals surface area contributed by atoms with E-state index in [1.54, 1.807) is 37.3 Å². The van der Waals surface area contributed by atoms with Crippen molar-refractivity contribution in [2.24, 2.45) is 0 Å². The number of amides is 1. The van der Waals surface area contributed by atoms with Gasteiger partial charge < -0.3 is 14.8 Å². The summed E-state index contributed by atoms with van der Waals surface area (Å²) >= 11 is 0. The minimum absolute atomic E-state index is 0.0382. The Morgan fingerprint density at radius 1 is 1.15 bits per heavy atom. The summed E-state index contributed by atoms with van der Waals surface area (Å²) in [6.07, 6.45) is 0. The van der Waals surface area contributed by atoms with Gasteiger partial charge in [-0.05, 0) is 30.7 Å². The SMILES string of the molecule is Cc1ccc(S(=O)(=O)N2CCOCC2)cc1NC(=O)COC(=O)c1n[nH]c(=O)c2ccccc12. The number of esters is 1. The number of nitrogens with one attached hydrogen (secondary N) is 2. The number of nitrogens with zero attached hydrogens (tertiary/aromatic N) is 2. The maximum Gasteiger partial charge on any atom is 0.359 e. The topological polar surface area (TPSA) is 148 Å². The van der Waals surface area contributed by atoms with E-state index in [0.717, 1.165) is 0 Å². The second kappa shape index (κ2) is 9.71. The first kappa shape index (κ1) is 23.5. The molecule has 0 unspecified atom stereocenters. The predicted octanol–water partition coefficient (Wildman–Crippen LogP) is 1.05. The highest BCUT2D eigenvalue weighted by molar-refractivity contribution is 7.89. The first-order chi connectivity index (χ1) is 16.3. The number of carbonyl (C=O) groups excluding carboxylic acids is 2. The second-order valence-electron chi connectivity index (χ2n) is 7.56. The normalized spacial score (nSPS) is 14.6. The van der Waals surface area contributed by atoms with Crippen LogP contribution in [0.1, 0.15) is 16.1 Å². The van der Waals surface area contributed by atoms with Gasteiger partial charge in [-0.3, -0.25) is 9.59 Å². The number of H-pyrrole nitrogens is 1. The molecule has 12 heteroatoms. The number of morpholine rings is 1. The lowest BCUT2D eigenvalue weighted by atomic mass is 10.1. The summed E-state index contributed by atoms with van der Waals surface area (Å²) in [6, 6.07) is 10.8. The largest absolute Gasteiger partial charge is 0.451 e. The fourth-order valence-corrected chi connectivity index (χ4v) is 4.92. The van der Waals surface area contributed by atoms with Crippen molar-refractivity contribution in [2.75, 3.05) is 38.2 Å². The van der Waals surface area contributed by atoms with Crippen molar-refractivity contribution in [1.82, 2.24) is 14.5 Å². The minimum atomic E-state index is -3.74. The molecule has 0 aliphatic carbocycles. The number of hydrogen-bond donors (Lipinski definition) is 2. The Kier molecular flexibility index (Phi) is 6.72. The van der Waals surface area contributed by atoms with Crippen LogP contribution in [0.15, 0.2) is 52.2 Å². The number of hydrogen-bond acceptors (Lipinski definition) is 8. The lowest BCUT2D eigenvalue weighted by Gasteiger charge is -2.26. The number of sulfonamides is 1. The molecule has 4 rings (SSSR count). The van der Waals surface area contributed by atoms with Gasteiger partial charge in [-0.1, -0.05) is 24.3 Å². The molecular weight excluding hydrogens is 464 g/mol. The maximum absolute atomic E-state index is 12.9. The Morgan fingerprint density at radius 2 is 1.85 bits per heavy atom.